The summed E-state index contributed by atoms with van der Waals surface area (Å²) < 4.78 is 0. The van der Waals surface area contributed by atoms with Gasteiger partial charge in [0.25, 0.3) is 0 Å². The SMILES string of the molecule is Cc1ccccc1-c1cccc(CNC[C@]2(O)CCSC2)c1. The molecule has 1 saturated heterocycles. The van der Waals surface area contributed by atoms with Crippen molar-refractivity contribution in [3.8, 4) is 11.1 Å². The molecule has 0 aliphatic carbocycles. The van der Waals surface area contributed by atoms with Gasteiger partial charge in [0.15, 0.2) is 0 Å². The molecular formula is C19H23NOS. The topological polar surface area (TPSA) is 32.3 Å². The molecular weight excluding hydrogens is 290 g/mol. The van der Waals surface area contributed by atoms with Gasteiger partial charge in [-0.3, -0.25) is 0 Å². The summed E-state index contributed by atoms with van der Waals surface area (Å²) >= 11 is 1.84. The van der Waals surface area contributed by atoms with E-state index in [1.165, 1.54) is 22.3 Å². The molecule has 1 atom stereocenters. The average molecular weight is 313 g/mol. The molecule has 1 aliphatic rings. The Morgan fingerprint density at radius 2 is 2.05 bits per heavy atom. The molecule has 0 aromatic heterocycles. The van der Waals surface area contributed by atoms with Gasteiger partial charge in [-0.25, -0.2) is 0 Å². The largest absolute Gasteiger partial charge is 0.388 e. The van der Waals surface area contributed by atoms with Gasteiger partial charge in [-0.2, -0.15) is 11.8 Å². The van der Waals surface area contributed by atoms with Gasteiger partial charge >= 0.3 is 0 Å². The third kappa shape index (κ3) is 3.72. The van der Waals surface area contributed by atoms with Crippen LogP contribution in [0.25, 0.3) is 11.1 Å². The molecule has 2 aromatic carbocycles. The van der Waals surface area contributed by atoms with E-state index in [-0.39, 0.29) is 0 Å². The lowest BCUT2D eigenvalue weighted by Crippen LogP contribution is -2.40. The summed E-state index contributed by atoms with van der Waals surface area (Å²) in [6.07, 6.45) is 0.897. The van der Waals surface area contributed by atoms with Gasteiger partial charge in [0.2, 0.25) is 0 Å². The minimum absolute atomic E-state index is 0.516. The normalized spacial score (nSPS) is 21.2. The van der Waals surface area contributed by atoms with Crippen LogP contribution in [0.3, 0.4) is 0 Å². The first kappa shape index (κ1) is 15.6. The van der Waals surface area contributed by atoms with E-state index in [0.717, 1.165) is 24.5 Å². The van der Waals surface area contributed by atoms with E-state index < -0.39 is 5.60 Å². The highest BCUT2D eigenvalue weighted by atomic mass is 32.2. The molecule has 1 heterocycles. The standard InChI is InChI=1S/C19H23NOS/c1-15-5-2-3-8-18(15)17-7-4-6-16(11-17)12-20-13-19(21)9-10-22-14-19/h2-8,11,20-21H,9-10,12-14H2,1H3/t19-/m1/s1. The summed E-state index contributed by atoms with van der Waals surface area (Å²) in [5, 5.41) is 13.8. The molecule has 0 bridgehead atoms. The molecule has 2 N–H and O–H groups in total. The number of thioether (sulfide) groups is 1. The van der Waals surface area contributed by atoms with Crippen LogP contribution in [0.15, 0.2) is 48.5 Å². The van der Waals surface area contributed by atoms with E-state index in [1.54, 1.807) is 0 Å². The third-order valence-corrected chi connectivity index (χ3v) is 5.48. The van der Waals surface area contributed by atoms with Crippen LogP contribution in [-0.4, -0.2) is 28.8 Å². The monoisotopic (exact) mass is 313 g/mol. The van der Waals surface area contributed by atoms with E-state index >= 15 is 0 Å². The van der Waals surface area contributed by atoms with Crippen LogP contribution in [0, 0.1) is 6.92 Å². The highest BCUT2D eigenvalue weighted by molar-refractivity contribution is 7.99. The lowest BCUT2D eigenvalue weighted by atomic mass is 9.99. The number of benzene rings is 2. The minimum atomic E-state index is -0.516. The summed E-state index contributed by atoms with van der Waals surface area (Å²) in [6.45, 7) is 3.62. The van der Waals surface area contributed by atoms with Crippen molar-refractivity contribution in [3.63, 3.8) is 0 Å². The lowest BCUT2D eigenvalue weighted by Gasteiger charge is -2.21. The van der Waals surface area contributed by atoms with Gasteiger partial charge in [-0.1, -0.05) is 42.5 Å². The van der Waals surface area contributed by atoms with Crippen LogP contribution in [-0.2, 0) is 6.54 Å². The van der Waals surface area contributed by atoms with Gasteiger partial charge < -0.3 is 10.4 Å². The highest BCUT2D eigenvalue weighted by Crippen LogP contribution is 2.27. The first-order valence-electron chi connectivity index (χ1n) is 7.82. The predicted molar refractivity (Wildman–Crippen MR) is 95.2 cm³/mol. The van der Waals surface area contributed by atoms with Crippen LogP contribution < -0.4 is 5.32 Å². The Balaban J connectivity index is 1.65. The highest BCUT2D eigenvalue weighted by Gasteiger charge is 2.30. The minimum Gasteiger partial charge on any atom is -0.388 e. The van der Waals surface area contributed by atoms with E-state index in [1.807, 2.05) is 11.8 Å². The van der Waals surface area contributed by atoms with Crippen molar-refractivity contribution in [2.45, 2.75) is 25.5 Å². The Hall–Kier alpha value is -1.29. The summed E-state index contributed by atoms with van der Waals surface area (Å²) in [6, 6.07) is 17.1. The maximum Gasteiger partial charge on any atom is 0.0869 e. The first-order chi connectivity index (χ1) is 10.7. The van der Waals surface area contributed by atoms with Gasteiger partial charge in [0.1, 0.15) is 0 Å². The maximum absolute atomic E-state index is 10.4. The summed E-state index contributed by atoms with van der Waals surface area (Å²) in [7, 11) is 0. The Kier molecular flexibility index (Phi) is 4.87. The Morgan fingerprint density at radius 3 is 2.82 bits per heavy atom. The zero-order valence-corrected chi connectivity index (χ0v) is 13.8. The smallest absolute Gasteiger partial charge is 0.0869 e. The predicted octanol–water partition coefficient (Wildman–Crippen LogP) is 3.62. The molecule has 1 aliphatic heterocycles. The molecule has 2 aromatic rings. The number of rotatable bonds is 5. The van der Waals surface area contributed by atoms with Crippen molar-refractivity contribution in [3.05, 3.63) is 59.7 Å². The van der Waals surface area contributed by atoms with Gasteiger partial charge in [0.05, 0.1) is 5.60 Å². The second-order valence-electron chi connectivity index (χ2n) is 6.15. The summed E-state index contributed by atoms with van der Waals surface area (Å²) in [4.78, 5) is 0. The zero-order chi connectivity index (χ0) is 15.4. The Bertz CT molecular complexity index is 635. The molecule has 0 spiro atoms. The second-order valence-corrected chi connectivity index (χ2v) is 7.25. The van der Waals surface area contributed by atoms with Crippen LogP contribution in [0.4, 0.5) is 0 Å². The summed E-state index contributed by atoms with van der Waals surface area (Å²) in [5.41, 5.74) is 4.58. The molecule has 0 amide bonds. The molecule has 0 saturated carbocycles. The molecule has 116 valence electrons. The Morgan fingerprint density at radius 1 is 1.18 bits per heavy atom. The van der Waals surface area contributed by atoms with Crippen molar-refractivity contribution in [1.29, 1.82) is 0 Å². The lowest BCUT2D eigenvalue weighted by molar-refractivity contribution is 0.0675. The molecule has 3 rings (SSSR count). The van der Waals surface area contributed by atoms with Crippen molar-refractivity contribution < 1.29 is 5.11 Å². The molecule has 22 heavy (non-hydrogen) atoms. The fourth-order valence-electron chi connectivity index (χ4n) is 2.92. The molecule has 1 fully saturated rings. The van der Waals surface area contributed by atoms with Crippen molar-refractivity contribution in [1.82, 2.24) is 5.32 Å². The van der Waals surface area contributed by atoms with E-state index in [9.17, 15) is 5.11 Å². The van der Waals surface area contributed by atoms with Crippen LogP contribution >= 0.6 is 11.8 Å². The maximum atomic E-state index is 10.4. The van der Waals surface area contributed by atoms with Crippen LogP contribution in [0.1, 0.15) is 17.5 Å². The number of aryl methyl sites for hydroxylation is 1. The van der Waals surface area contributed by atoms with Crippen molar-refractivity contribution in [2.75, 3.05) is 18.1 Å². The van der Waals surface area contributed by atoms with Gasteiger partial charge in [-0.05, 0) is 47.4 Å². The third-order valence-electron chi connectivity index (χ3n) is 4.25. The van der Waals surface area contributed by atoms with E-state index in [0.29, 0.717) is 6.54 Å². The Labute approximate surface area is 137 Å². The van der Waals surface area contributed by atoms with Crippen molar-refractivity contribution in [2.24, 2.45) is 0 Å². The van der Waals surface area contributed by atoms with Crippen molar-refractivity contribution >= 4 is 11.8 Å². The number of aliphatic hydroxyl groups is 1. The van der Waals surface area contributed by atoms with Gasteiger partial charge in [0, 0.05) is 18.8 Å². The number of nitrogens with one attached hydrogen (secondary N) is 1. The zero-order valence-electron chi connectivity index (χ0n) is 13.0. The fourth-order valence-corrected chi connectivity index (χ4v) is 4.22. The molecule has 0 radical (unpaired) electrons. The molecule has 3 heteroatoms. The number of hydrogen-bond donors (Lipinski definition) is 2. The molecule has 0 unspecified atom stereocenters. The average Bonchev–Trinajstić information content (AvgIpc) is 2.95. The second kappa shape index (κ2) is 6.86. The summed E-state index contributed by atoms with van der Waals surface area (Å²) in [5.74, 6) is 1.92. The number of hydrogen-bond acceptors (Lipinski definition) is 3. The first-order valence-corrected chi connectivity index (χ1v) is 8.98. The van der Waals surface area contributed by atoms with E-state index in [2.05, 4.69) is 60.8 Å². The van der Waals surface area contributed by atoms with Gasteiger partial charge in [-0.15, -0.1) is 0 Å². The molecule has 2 nitrogen and oxygen atoms in total. The van der Waals surface area contributed by atoms with Crippen LogP contribution in [0.5, 0.6) is 0 Å². The quantitative estimate of drug-likeness (QED) is 0.884. The van der Waals surface area contributed by atoms with Crippen LogP contribution in [0.2, 0.25) is 0 Å². The fraction of sp³-hybridized carbons (Fsp3) is 0.368. The van der Waals surface area contributed by atoms with E-state index in [4.69, 9.17) is 0 Å².